The molecule has 0 radical (unpaired) electrons. The first-order chi connectivity index (χ1) is 10.2. The van der Waals surface area contributed by atoms with Crippen molar-refractivity contribution in [3.63, 3.8) is 0 Å². The summed E-state index contributed by atoms with van der Waals surface area (Å²) in [6.45, 7) is 2.34. The Kier molecular flexibility index (Phi) is 3.60. The Bertz CT molecular complexity index is 705. The van der Waals surface area contributed by atoms with Crippen molar-refractivity contribution in [1.29, 1.82) is 0 Å². The Morgan fingerprint density at radius 1 is 1.14 bits per heavy atom. The number of hydrazone groups is 1. The van der Waals surface area contributed by atoms with Crippen LogP contribution < -0.4 is 0 Å². The number of carbonyl (C=O) groups is 1. The van der Waals surface area contributed by atoms with E-state index in [-0.39, 0.29) is 5.91 Å². The molecule has 2 heterocycles. The normalized spacial score (nSPS) is 16.4. The van der Waals surface area contributed by atoms with Gasteiger partial charge in [-0.15, -0.1) is 0 Å². The molecule has 21 heavy (non-hydrogen) atoms. The van der Waals surface area contributed by atoms with E-state index < -0.39 is 0 Å². The van der Waals surface area contributed by atoms with Gasteiger partial charge >= 0.3 is 0 Å². The van der Waals surface area contributed by atoms with Crippen LogP contribution in [0.4, 0.5) is 0 Å². The van der Waals surface area contributed by atoms with Crippen LogP contribution in [0.2, 0.25) is 0 Å². The summed E-state index contributed by atoms with van der Waals surface area (Å²) in [6.07, 6.45) is 5.27. The summed E-state index contributed by atoms with van der Waals surface area (Å²) in [5.41, 5.74) is 3.32. The van der Waals surface area contributed by atoms with Crippen molar-refractivity contribution >= 4 is 17.7 Å². The van der Waals surface area contributed by atoms with Gasteiger partial charge in [-0.3, -0.25) is 9.78 Å². The van der Waals surface area contributed by atoms with E-state index in [0.717, 1.165) is 16.8 Å². The van der Waals surface area contributed by atoms with Crippen molar-refractivity contribution in [2.45, 2.75) is 13.5 Å². The first kappa shape index (κ1) is 13.2. The highest BCUT2D eigenvalue weighted by atomic mass is 16.2. The van der Waals surface area contributed by atoms with Crippen molar-refractivity contribution in [2.24, 2.45) is 5.10 Å². The molecule has 0 saturated heterocycles. The fourth-order valence-corrected chi connectivity index (χ4v) is 2.23. The van der Waals surface area contributed by atoms with Crippen LogP contribution in [0.3, 0.4) is 0 Å². The van der Waals surface area contributed by atoms with Crippen molar-refractivity contribution in [3.05, 3.63) is 71.6 Å². The third kappa shape index (κ3) is 2.89. The van der Waals surface area contributed by atoms with Gasteiger partial charge in [0.2, 0.25) is 0 Å². The Morgan fingerprint density at radius 2 is 1.95 bits per heavy atom. The van der Waals surface area contributed by atoms with Crippen LogP contribution in [0.15, 0.2) is 65.5 Å². The van der Waals surface area contributed by atoms with Crippen molar-refractivity contribution in [3.8, 4) is 0 Å². The molecule has 4 heteroatoms. The van der Waals surface area contributed by atoms with Crippen molar-refractivity contribution in [2.75, 3.05) is 0 Å². The smallest absolute Gasteiger partial charge is 0.267 e. The Labute approximate surface area is 123 Å². The maximum absolute atomic E-state index is 12.4. The number of nitrogens with zero attached hydrogens (tertiary/aromatic N) is 3. The van der Waals surface area contributed by atoms with Gasteiger partial charge in [-0.1, -0.05) is 36.4 Å². The number of aromatic nitrogens is 1. The number of amides is 1. The predicted molar refractivity (Wildman–Crippen MR) is 82.3 cm³/mol. The number of hydrogen-bond acceptors (Lipinski definition) is 3. The minimum absolute atomic E-state index is 0.0693. The Morgan fingerprint density at radius 3 is 2.67 bits per heavy atom. The van der Waals surface area contributed by atoms with Gasteiger partial charge in [0.1, 0.15) is 0 Å². The lowest BCUT2D eigenvalue weighted by molar-refractivity contribution is -0.126. The summed E-state index contributed by atoms with van der Waals surface area (Å²) >= 11 is 0. The summed E-state index contributed by atoms with van der Waals surface area (Å²) in [7, 11) is 0. The van der Waals surface area contributed by atoms with Crippen molar-refractivity contribution < 1.29 is 4.79 Å². The van der Waals surface area contributed by atoms with Gasteiger partial charge in [0.25, 0.3) is 5.91 Å². The number of carbonyl (C=O) groups excluding carboxylic acids is 1. The average Bonchev–Trinajstić information content (AvgIpc) is 2.77. The summed E-state index contributed by atoms with van der Waals surface area (Å²) in [5.74, 6) is -0.0693. The monoisotopic (exact) mass is 277 g/mol. The highest BCUT2D eigenvalue weighted by Crippen LogP contribution is 2.20. The molecule has 0 bridgehead atoms. The number of benzene rings is 1. The Hall–Kier alpha value is -2.75. The SMILES string of the molecule is CC1=NN(Cc2ccccc2)C(=O)/C1=C/c1cccnc1. The van der Waals surface area contributed by atoms with Gasteiger partial charge in [0.15, 0.2) is 0 Å². The summed E-state index contributed by atoms with van der Waals surface area (Å²) in [4.78, 5) is 16.5. The molecule has 0 fully saturated rings. The van der Waals surface area contributed by atoms with E-state index in [9.17, 15) is 4.79 Å². The molecule has 0 atom stereocenters. The van der Waals surface area contributed by atoms with Crippen LogP contribution in [0.25, 0.3) is 6.08 Å². The standard InChI is InChI=1S/C17H15N3O/c1-13-16(10-15-8-5-9-18-11-15)17(21)20(19-13)12-14-6-3-2-4-7-14/h2-11H,12H2,1H3/b16-10+. The fraction of sp³-hybridized carbons (Fsp3) is 0.118. The lowest BCUT2D eigenvalue weighted by Crippen LogP contribution is -2.21. The van der Waals surface area contributed by atoms with Gasteiger partial charge in [-0.05, 0) is 30.2 Å². The van der Waals surface area contributed by atoms with E-state index in [2.05, 4.69) is 10.1 Å². The van der Waals surface area contributed by atoms with Crippen LogP contribution >= 0.6 is 0 Å². The molecule has 1 amide bonds. The lowest BCUT2D eigenvalue weighted by Gasteiger charge is -2.11. The number of rotatable bonds is 3. The van der Waals surface area contributed by atoms with E-state index >= 15 is 0 Å². The highest BCUT2D eigenvalue weighted by Gasteiger charge is 2.27. The second-order valence-electron chi connectivity index (χ2n) is 4.88. The Balaban J connectivity index is 1.83. The second kappa shape index (κ2) is 5.71. The molecular formula is C17H15N3O. The number of pyridine rings is 1. The van der Waals surface area contributed by atoms with E-state index in [4.69, 9.17) is 0 Å². The molecular weight excluding hydrogens is 262 g/mol. The first-order valence-electron chi connectivity index (χ1n) is 6.77. The lowest BCUT2D eigenvalue weighted by atomic mass is 10.1. The van der Waals surface area contributed by atoms with Gasteiger partial charge in [-0.25, -0.2) is 5.01 Å². The predicted octanol–water partition coefficient (Wildman–Crippen LogP) is 2.88. The van der Waals surface area contributed by atoms with Gasteiger partial charge < -0.3 is 0 Å². The van der Waals surface area contributed by atoms with Gasteiger partial charge in [-0.2, -0.15) is 5.10 Å². The minimum Gasteiger partial charge on any atom is -0.267 e. The molecule has 1 aliphatic rings. The molecule has 4 nitrogen and oxygen atoms in total. The van der Waals surface area contributed by atoms with E-state index in [1.807, 2.05) is 55.5 Å². The maximum atomic E-state index is 12.4. The summed E-state index contributed by atoms with van der Waals surface area (Å²) in [5, 5.41) is 5.86. The topological polar surface area (TPSA) is 45.6 Å². The largest absolute Gasteiger partial charge is 0.276 e. The van der Waals surface area contributed by atoms with Crippen LogP contribution in [-0.2, 0) is 11.3 Å². The van der Waals surface area contributed by atoms with Crippen LogP contribution in [-0.4, -0.2) is 21.6 Å². The maximum Gasteiger partial charge on any atom is 0.276 e. The van der Waals surface area contributed by atoms with Crippen LogP contribution in [0.5, 0.6) is 0 Å². The molecule has 0 aliphatic carbocycles. The average molecular weight is 277 g/mol. The van der Waals surface area contributed by atoms with Gasteiger partial charge in [0.05, 0.1) is 17.8 Å². The molecule has 0 N–H and O–H groups in total. The molecule has 3 rings (SSSR count). The van der Waals surface area contributed by atoms with Crippen LogP contribution in [0, 0.1) is 0 Å². The first-order valence-corrected chi connectivity index (χ1v) is 6.77. The zero-order valence-corrected chi connectivity index (χ0v) is 11.7. The minimum atomic E-state index is -0.0693. The van der Waals surface area contributed by atoms with E-state index in [1.165, 1.54) is 5.01 Å². The quantitative estimate of drug-likeness (QED) is 0.810. The third-order valence-corrected chi connectivity index (χ3v) is 3.30. The van der Waals surface area contributed by atoms with Gasteiger partial charge in [0, 0.05) is 12.4 Å². The number of hydrogen-bond donors (Lipinski definition) is 0. The van der Waals surface area contributed by atoms with Crippen molar-refractivity contribution in [1.82, 2.24) is 9.99 Å². The highest BCUT2D eigenvalue weighted by molar-refractivity contribution is 6.26. The molecule has 1 aromatic carbocycles. The molecule has 0 unspecified atom stereocenters. The molecule has 2 aromatic rings. The molecule has 1 aliphatic heterocycles. The zero-order chi connectivity index (χ0) is 14.7. The zero-order valence-electron chi connectivity index (χ0n) is 11.7. The molecule has 0 saturated carbocycles. The van der Waals surface area contributed by atoms with Crippen LogP contribution in [0.1, 0.15) is 18.1 Å². The fourth-order valence-electron chi connectivity index (χ4n) is 2.23. The molecule has 104 valence electrons. The summed E-state index contributed by atoms with van der Waals surface area (Å²) in [6, 6.07) is 13.6. The molecule has 1 aromatic heterocycles. The third-order valence-electron chi connectivity index (χ3n) is 3.30. The second-order valence-corrected chi connectivity index (χ2v) is 4.88. The molecule has 0 spiro atoms. The summed E-state index contributed by atoms with van der Waals surface area (Å²) < 4.78 is 0. The van der Waals surface area contributed by atoms with E-state index in [0.29, 0.717) is 12.1 Å². The van der Waals surface area contributed by atoms with E-state index in [1.54, 1.807) is 12.4 Å².